The standard InChI is InChI=1S/C11H13F/c1-8(2)7-10-5-4-6-11(12)9(10)3/h4-7H,1-3H3. The van der Waals surface area contributed by atoms with E-state index in [1.807, 2.05) is 26.0 Å². The van der Waals surface area contributed by atoms with Gasteiger partial charge in [0.1, 0.15) is 5.82 Å². The van der Waals surface area contributed by atoms with Crippen molar-refractivity contribution in [2.24, 2.45) is 0 Å². The minimum absolute atomic E-state index is 0.134. The van der Waals surface area contributed by atoms with Crippen LogP contribution in [0.2, 0.25) is 0 Å². The van der Waals surface area contributed by atoms with Crippen molar-refractivity contribution in [3.8, 4) is 0 Å². The molecule has 1 heteroatoms. The molecule has 0 nitrogen and oxygen atoms in total. The zero-order chi connectivity index (χ0) is 9.14. The first kappa shape index (κ1) is 8.98. The summed E-state index contributed by atoms with van der Waals surface area (Å²) in [6.07, 6.45) is 1.98. The Kier molecular flexibility index (Phi) is 2.64. The van der Waals surface area contributed by atoms with Crippen LogP contribution in [0, 0.1) is 12.7 Å². The van der Waals surface area contributed by atoms with Gasteiger partial charge in [0.2, 0.25) is 0 Å². The first-order valence-electron chi connectivity index (χ1n) is 4.01. The molecule has 0 saturated carbocycles. The fourth-order valence-corrected chi connectivity index (χ4v) is 1.09. The van der Waals surface area contributed by atoms with Crippen molar-refractivity contribution in [1.29, 1.82) is 0 Å². The predicted octanol–water partition coefficient (Wildman–Crippen LogP) is 3.56. The quantitative estimate of drug-likeness (QED) is 0.595. The zero-order valence-corrected chi connectivity index (χ0v) is 7.69. The maximum atomic E-state index is 13.0. The van der Waals surface area contributed by atoms with Gasteiger partial charge in [0.05, 0.1) is 0 Å². The Hall–Kier alpha value is -1.11. The highest BCUT2D eigenvalue weighted by Crippen LogP contribution is 2.14. The smallest absolute Gasteiger partial charge is 0.126 e. The molecule has 0 unspecified atom stereocenters. The Morgan fingerprint density at radius 2 is 2.00 bits per heavy atom. The lowest BCUT2D eigenvalue weighted by molar-refractivity contribution is 0.618. The average Bonchev–Trinajstić information content (AvgIpc) is 1.98. The Morgan fingerprint density at radius 1 is 1.33 bits per heavy atom. The predicted molar refractivity (Wildman–Crippen MR) is 50.5 cm³/mol. The van der Waals surface area contributed by atoms with Gasteiger partial charge in [0.25, 0.3) is 0 Å². The summed E-state index contributed by atoms with van der Waals surface area (Å²) in [5.41, 5.74) is 2.87. The van der Waals surface area contributed by atoms with Gasteiger partial charge in [-0.1, -0.05) is 23.8 Å². The van der Waals surface area contributed by atoms with Crippen molar-refractivity contribution >= 4 is 6.08 Å². The number of allylic oxidation sites excluding steroid dienone is 1. The maximum absolute atomic E-state index is 13.0. The van der Waals surface area contributed by atoms with Crippen LogP contribution in [-0.4, -0.2) is 0 Å². The van der Waals surface area contributed by atoms with E-state index in [4.69, 9.17) is 0 Å². The van der Waals surface area contributed by atoms with E-state index in [0.29, 0.717) is 0 Å². The van der Waals surface area contributed by atoms with Crippen molar-refractivity contribution in [1.82, 2.24) is 0 Å². The van der Waals surface area contributed by atoms with Gasteiger partial charge in [0.15, 0.2) is 0 Å². The summed E-state index contributed by atoms with van der Waals surface area (Å²) in [6.45, 7) is 5.80. The van der Waals surface area contributed by atoms with E-state index < -0.39 is 0 Å². The third kappa shape index (κ3) is 1.94. The monoisotopic (exact) mass is 164 g/mol. The molecule has 0 aliphatic heterocycles. The molecule has 64 valence electrons. The van der Waals surface area contributed by atoms with Gasteiger partial charge in [-0.15, -0.1) is 0 Å². The molecule has 0 bridgehead atoms. The van der Waals surface area contributed by atoms with E-state index in [-0.39, 0.29) is 5.82 Å². The highest BCUT2D eigenvalue weighted by molar-refractivity contribution is 5.55. The van der Waals surface area contributed by atoms with Crippen molar-refractivity contribution < 1.29 is 4.39 Å². The molecule has 0 amide bonds. The molecule has 0 heterocycles. The first-order valence-corrected chi connectivity index (χ1v) is 4.01. The Labute approximate surface area is 72.7 Å². The molecule has 0 aromatic heterocycles. The van der Waals surface area contributed by atoms with Gasteiger partial charge in [-0.3, -0.25) is 0 Å². The average molecular weight is 164 g/mol. The molecule has 0 radical (unpaired) electrons. The number of rotatable bonds is 1. The van der Waals surface area contributed by atoms with Crippen LogP contribution in [0.15, 0.2) is 23.8 Å². The van der Waals surface area contributed by atoms with E-state index >= 15 is 0 Å². The molecule has 0 atom stereocenters. The van der Waals surface area contributed by atoms with Crippen molar-refractivity contribution in [2.75, 3.05) is 0 Å². The second-order valence-corrected chi connectivity index (χ2v) is 3.18. The van der Waals surface area contributed by atoms with E-state index in [2.05, 4.69) is 0 Å². The molecule has 0 spiro atoms. The summed E-state index contributed by atoms with van der Waals surface area (Å²) < 4.78 is 13.0. The van der Waals surface area contributed by atoms with Gasteiger partial charge in [-0.25, -0.2) is 4.39 Å². The third-order valence-corrected chi connectivity index (χ3v) is 1.75. The van der Waals surface area contributed by atoms with Crippen LogP contribution in [0.1, 0.15) is 25.0 Å². The molecule has 0 fully saturated rings. The Balaban J connectivity index is 3.17. The van der Waals surface area contributed by atoms with Gasteiger partial charge >= 0.3 is 0 Å². The number of hydrogen-bond acceptors (Lipinski definition) is 0. The zero-order valence-electron chi connectivity index (χ0n) is 7.69. The molecule has 0 aliphatic rings. The first-order chi connectivity index (χ1) is 5.61. The number of halogens is 1. The van der Waals surface area contributed by atoms with E-state index in [9.17, 15) is 4.39 Å². The second kappa shape index (κ2) is 3.53. The highest BCUT2D eigenvalue weighted by Gasteiger charge is 1.99. The molecule has 0 N–H and O–H groups in total. The fourth-order valence-electron chi connectivity index (χ4n) is 1.09. The molecule has 0 aliphatic carbocycles. The highest BCUT2D eigenvalue weighted by atomic mass is 19.1. The van der Waals surface area contributed by atoms with Crippen LogP contribution >= 0.6 is 0 Å². The lowest BCUT2D eigenvalue weighted by Crippen LogP contribution is -1.85. The lowest BCUT2D eigenvalue weighted by atomic mass is 10.1. The summed E-state index contributed by atoms with van der Waals surface area (Å²) in [6, 6.07) is 5.14. The van der Waals surface area contributed by atoms with Crippen LogP contribution in [0.5, 0.6) is 0 Å². The summed E-state index contributed by atoms with van der Waals surface area (Å²) >= 11 is 0. The summed E-state index contributed by atoms with van der Waals surface area (Å²) in [7, 11) is 0. The molecule has 1 aromatic carbocycles. The Bertz CT molecular complexity index is 307. The normalized spacial score (nSPS) is 9.67. The van der Waals surface area contributed by atoms with Gasteiger partial charge in [-0.05, 0) is 38.0 Å². The van der Waals surface area contributed by atoms with E-state index in [0.717, 1.165) is 11.1 Å². The van der Waals surface area contributed by atoms with Crippen LogP contribution in [-0.2, 0) is 0 Å². The van der Waals surface area contributed by atoms with Gasteiger partial charge in [0, 0.05) is 0 Å². The molecular formula is C11H13F. The van der Waals surface area contributed by atoms with Crippen LogP contribution in [0.25, 0.3) is 6.08 Å². The number of hydrogen-bond donors (Lipinski definition) is 0. The van der Waals surface area contributed by atoms with E-state index in [1.54, 1.807) is 13.0 Å². The number of benzene rings is 1. The van der Waals surface area contributed by atoms with Crippen LogP contribution in [0.3, 0.4) is 0 Å². The van der Waals surface area contributed by atoms with Crippen molar-refractivity contribution in [3.05, 3.63) is 40.7 Å². The topological polar surface area (TPSA) is 0 Å². The molecule has 0 saturated heterocycles. The Morgan fingerprint density at radius 3 is 2.58 bits per heavy atom. The van der Waals surface area contributed by atoms with Gasteiger partial charge in [-0.2, -0.15) is 0 Å². The van der Waals surface area contributed by atoms with Crippen molar-refractivity contribution in [3.63, 3.8) is 0 Å². The fraction of sp³-hybridized carbons (Fsp3) is 0.273. The van der Waals surface area contributed by atoms with E-state index in [1.165, 1.54) is 11.6 Å². The summed E-state index contributed by atoms with van der Waals surface area (Å²) in [5, 5.41) is 0. The van der Waals surface area contributed by atoms with Crippen LogP contribution in [0.4, 0.5) is 4.39 Å². The summed E-state index contributed by atoms with van der Waals surface area (Å²) in [5.74, 6) is -0.134. The third-order valence-electron chi connectivity index (χ3n) is 1.75. The molecule has 1 aromatic rings. The van der Waals surface area contributed by atoms with Gasteiger partial charge < -0.3 is 0 Å². The minimum atomic E-state index is -0.134. The SMILES string of the molecule is CC(C)=Cc1cccc(F)c1C. The molecule has 12 heavy (non-hydrogen) atoms. The van der Waals surface area contributed by atoms with Crippen LogP contribution < -0.4 is 0 Å². The second-order valence-electron chi connectivity index (χ2n) is 3.18. The molecular weight excluding hydrogens is 151 g/mol. The molecule has 1 rings (SSSR count). The lowest BCUT2D eigenvalue weighted by Gasteiger charge is -2.01. The maximum Gasteiger partial charge on any atom is 0.126 e. The minimum Gasteiger partial charge on any atom is -0.207 e. The largest absolute Gasteiger partial charge is 0.207 e. The van der Waals surface area contributed by atoms with Crippen molar-refractivity contribution in [2.45, 2.75) is 20.8 Å². The summed E-state index contributed by atoms with van der Waals surface area (Å²) in [4.78, 5) is 0.